The Balaban J connectivity index is 1.34. The molecular formula is C27H27N7O4. The molecule has 1 aromatic heterocycles. The van der Waals surface area contributed by atoms with Crippen molar-refractivity contribution in [3.05, 3.63) is 93.8 Å². The fourth-order valence-electron chi connectivity index (χ4n) is 4.75. The van der Waals surface area contributed by atoms with Crippen molar-refractivity contribution in [2.24, 2.45) is 9.98 Å². The van der Waals surface area contributed by atoms with Crippen molar-refractivity contribution in [2.75, 3.05) is 36.5 Å². The van der Waals surface area contributed by atoms with E-state index in [0.717, 1.165) is 11.1 Å². The van der Waals surface area contributed by atoms with Gasteiger partial charge in [-0.25, -0.2) is 4.99 Å². The molecule has 38 heavy (non-hydrogen) atoms. The molecule has 11 heteroatoms. The Morgan fingerprint density at radius 1 is 1.00 bits per heavy atom. The van der Waals surface area contributed by atoms with Crippen LogP contribution in [0.5, 0.6) is 0 Å². The third kappa shape index (κ3) is 4.53. The minimum absolute atomic E-state index is 0.105. The smallest absolute Gasteiger partial charge is 0.304 e. The van der Waals surface area contributed by atoms with E-state index < -0.39 is 11.9 Å². The topological polar surface area (TPSA) is 132 Å². The Bertz CT molecular complexity index is 1480. The van der Waals surface area contributed by atoms with E-state index in [4.69, 9.17) is 14.5 Å². The number of nitrogens with zero attached hydrogens (tertiary/aromatic N) is 3. The van der Waals surface area contributed by atoms with E-state index in [-0.39, 0.29) is 17.5 Å². The van der Waals surface area contributed by atoms with Crippen molar-refractivity contribution >= 4 is 29.1 Å². The van der Waals surface area contributed by atoms with Gasteiger partial charge in [0.2, 0.25) is 17.5 Å². The maximum atomic E-state index is 13.2. The number of rotatable bonds is 4. The fourth-order valence-corrected chi connectivity index (χ4v) is 4.75. The quantitative estimate of drug-likeness (QED) is 0.417. The average molecular weight is 514 g/mol. The highest BCUT2D eigenvalue weighted by Crippen LogP contribution is 2.32. The number of aromatic amines is 1. The predicted molar refractivity (Wildman–Crippen MR) is 143 cm³/mol. The van der Waals surface area contributed by atoms with Gasteiger partial charge >= 0.3 is 6.02 Å². The van der Waals surface area contributed by atoms with Gasteiger partial charge in [0.25, 0.3) is 5.91 Å². The number of carbonyl (C=O) groups is 1. The molecule has 0 bridgehead atoms. The number of amides is 1. The zero-order valence-corrected chi connectivity index (χ0v) is 20.7. The Morgan fingerprint density at radius 2 is 1.76 bits per heavy atom. The Hall–Kier alpha value is -4.48. The molecular weight excluding hydrogens is 486 g/mol. The third-order valence-electron chi connectivity index (χ3n) is 6.66. The Morgan fingerprint density at radius 3 is 2.58 bits per heavy atom. The number of carbonyl (C=O) groups excluding carboxylic acids is 1. The van der Waals surface area contributed by atoms with Gasteiger partial charge in [0.1, 0.15) is 5.82 Å². The van der Waals surface area contributed by atoms with Crippen molar-refractivity contribution in [3.8, 4) is 0 Å². The van der Waals surface area contributed by atoms with Gasteiger partial charge in [0, 0.05) is 30.3 Å². The number of para-hydroxylation sites is 1. The van der Waals surface area contributed by atoms with Crippen molar-refractivity contribution in [3.63, 3.8) is 0 Å². The second-order valence-corrected chi connectivity index (χ2v) is 9.26. The lowest BCUT2D eigenvalue weighted by Crippen LogP contribution is -2.44. The summed E-state index contributed by atoms with van der Waals surface area (Å²) in [5.41, 5.74) is 8.47. The molecule has 2 atom stereocenters. The third-order valence-corrected chi connectivity index (χ3v) is 6.66. The second kappa shape index (κ2) is 9.77. The SMILES string of the molecule is CC1(c2ccc(=O)[nH]c2N2CCOCC2)NN/C(=N\[C@H]2N=C(c3ccccc3)c3ccccc3NC2=O)O1. The lowest BCUT2D eigenvalue weighted by molar-refractivity contribution is -0.117. The minimum atomic E-state index is -1.10. The van der Waals surface area contributed by atoms with Gasteiger partial charge in [-0.15, -0.1) is 0 Å². The number of aliphatic imine (C=N–C) groups is 2. The number of nitrogens with one attached hydrogen (secondary N) is 4. The van der Waals surface area contributed by atoms with Crippen molar-refractivity contribution in [1.29, 1.82) is 0 Å². The number of hydrazine groups is 1. The van der Waals surface area contributed by atoms with E-state index >= 15 is 0 Å². The zero-order chi connectivity index (χ0) is 26.1. The molecule has 1 unspecified atom stereocenters. The van der Waals surface area contributed by atoms with E-state index in [1.165, 1.54) is 6.07 Å². The highest BCUT2D eigenvalue weighted by atomic mass is 16.6. The van der Waals surface area contributed by atoms with Gasteiger partial charge in [0.15, 0.2) is 0 Å². The molecule has 3 aliphatic heterocycles. The molecule has 2 aromatic carbocycles. The minimum Gasteiger partial charge on any atom is -0.437 e. The van der Waals surface area contributed by atoms with Crippen LogP contribution in [-0.2, 0) is 20.0 Å². The number of H-pyrrole nitrogens is 1. The van der Waals surface area contributed by atoms with Crippen molar-refractivity contribution < 1.29 is 14.3 Å². The summed E-state index contributed by atoms with van der Waals surface area (Å²) < 4.78 is 11.7. The lowest BCUT2D eigenvalue weighted by Gasteiger charge is -2.33. The van der Waals surface area contributed by atoms with Crippen LogP contribution in [0.3, 0.4) is 0 Å². The number of benzene rings is 2. The summed E-state index contributed by atoms with van der Waals surface area (Å²) in [4.78, 5) is 39.6. The first-order valence-electron chi connectivity index (χ1n) is 12.4. The van der Waals surface area contributed by atoms with E-state index in [1.54, 1.807) is 6.07 Å². The summed E-state index contributed by atoms with van der Waals surface area (Å²) in [5.74, 6) is 0.263. The summed E-state index contributed by atoms with van der Waals surface area (Å²) in [7, 11) is 0. The van der Waals surface area contributed by atoms with Gasteiger partial charge < -0.3 is 24.7 Å². The maximum Gasteiger partial charge on any atom is 0.304 e. The number of hydrogen-bond acceptors (Lipinski definition) is 8. The number of morpholine rings is 1. The lowest BCUT2D eigenvalue weighted by atomic mass is 10.0. The molecule has 194 valence electrons. The predicted octanol–water partition coefficient (Wildman–Crippen LogP) is 1.68. The average Bonchev–Trinajstić information content (AvgIpc) is 3.26. The highest BCUT2D eigenvalue weighted by Gasteiger charge is 2.40. The highest BCUT2D eigenvalue weighted by molar-refractivity contribution is 6.19. The van der Waals surface area contributed by atoms with Gasteiger partial charge in [-0.1, -0.05) is 48.5 Å². The molecule has 0 saturated carbocycles. The van der Waals surface area contributed by atoms with Crippen LogP contribution >= 0.6 is 0 Å². The maximum absolute atomic E-state index is 13.2. The summed E-state index contributed by atoms with van der Waals surface area (Å²) in [6, 6.07) is 20.5. The Labute approximate surface area is 218 Å². The number of anilines is 2. The van der Waals surface area contributed by atoms with E-state index in [1.807, 2.05) is 61.5 Å². The van der Waals surface area contributed by atoms with E-state index in [2.05, 4.69) is 31.0 Å². The second-order valence-electron chi connectivity index (χ2n) is 9.26. The van der Waals surface area contributed by atoms with Crippen LogP contribution in [0.15, 0.2) is 81.5 Å². The first kappa shape index (κ1) is 23.9. The number of hydrogen-bond donors (Lipinski definition) is 4. The molecule has 1 amide bonds. The molecule has 3 aromatic rings. The summed E-state index contributed by atoms with van der Waals surface area (Å²) in [5, 5.41) is 2.93. The standard InChI is InChI=1S/C27H27N7O4/c1-27(19-11-12-21(35)29-24(19)34-13-15-37-16-14-34)33-32-26(38-27)31-23-25(36)28-20-10-6-5-9-18(20)22(30-23)17-7-3-2-4-8-17/h2-12,23,33H,13-16H2,1H3,(H,28,36)(H,29,35)(H,31,32)/t23-,27?/m1/s1. The number of amidine groups is 1. The molecule has 2 fully saturated rings. The zero-order valence-electron chi connectivity index (χ0n) is 20.7. The summed E-state index contributed by atoms with van der Waals surface area (Å²) in [6.07, 6.45) is -1.10. The first-order valence-corrected chi connectivity index (χ1v) is 12.4. The van der Waals surface area contributed by atoms with E-state index in [9.17, 15) is 9.59 Å². The van der Waals surface area contributed by atoms with Gasteiger partial charge in [0.05, 0.1) is 30.2 Å². The van der Waals surface area contributed by atoms with Crippen LogP contribution in [0, 0.1) is 0 Å². The van der Waals surface area contributed by atoms with Crippen molar-refractivity contribution in [2.45, 2.75) is 18.8 Å². The van der Waals surface area contributed by atoms with Gasteiger partial charge in [-0.3, -0.25) is 15.0 Å². The summed E-state index contributed by atoms with van der Waals surface area (Å²) >= 11 is 0. The fraction of sp³-hybridized carbons (Fsp3) is 0.259. The first-order chi connectivity index (χ1) is 18.5. The number of benzodiazepines with no additional fused rings is 1. The van der Waals surface area contributed by atoms with Crippen LogP contribution < -0.4 is 26.6 Å². The normalized spacial score (nSPS) is 24.1. The number of pyridine rings is 1. The van der Waals surface area contributed by atoms with Gasteiger partial charge in [-0.05, 0) is 19.1 Å². The number of fused-ring (bicyclic) bond motifs is 1. The Kier molecular flexibility index (Phi) is 6.14. The molecule has 2 saturated heterocycles. The van der Waals surface area contributed by atoms with Crippen LogP contribution in [0.25, 0.3) is 0 Å². The van der Waals surface area contributed by atoms with E-state index in [0.29, 0.717) is 49.1 Å². The molecule has 6 rings (SSSR count). The van der Waals surface area contributed by atoms with Crippen LogP contribution in [0.2, 0.25) is 0 Å². The molecule has 4 heterocycles. The summed E-state index contributed by atoms with van der Waals surface area (Å²) in [6.45, 7) is 4.22. The largest absolute Gasteiger partial charge is 0.437 e. The van der Waals surface area contributed by atoms with Crippen molar-refractivity contribution in [1.82, 2.24) is 15.8 Å². The molecule has 0 spiro atoms. The van der Waals surface area contributed by atoms with Crippen LogP contribution in [-0.4, -0.2) is 55.1 Å². The van der Waals surface area contributed by atoms with Gasteiger partial charge in [-0.2, -0.15) is 10.4 Å². The molecule has 3 aliphatic rings. The molecule has 4 N–H and O–H groups in total. The monoisotopic (exact) mass is 513 g/mol. The van der Waals surface area contributed by atoms with Crippen LogP contribution in [0.4, 0.5) is 11.5 Å². The molecule has 0 aliphatic carbocycles. The molecule has 11 nitrogen and oxygen atoms in total. The van der Waals surface area contributed by atoms with Crippen LogP contribution in [0.1, 0.15) is 23.6 Å². The number of aromatic nitrogens is 1. The number of ether oxygens (including phenoxy) is 2. The molecule has 0 radical (unpaired) electrons.